The fraction of sp³-hybridized carbons (Fsp3) is 0.400. The number of halogens is 2. The molecule has 106 valence electrons. The minimum Gasteiger partial charge on any atom is -0.484 e. The van der Waals surface area contributed by atoms with E-state index in [1.807, 2.05) is 26.8 Å². The van der Waals surface area contributed by atoms with Gasteiger partial charge in [-0.05, 0) is 24.5 Å². The summed E-state index contributed by atoms with van der Waals surface area (Å²) in [5, 5.41) is 0. The second-order valence-corrected chi connectivity index (χ2v) is 5.45. The highest BCUT2D eigenvalue weighted by Gasteiger charge is 2.45. The van der Waals surface area contributed by atoms with Crippen LogP contribution in [0.2, 0.25) is 0 Å². The molecule has 0 fully saturated rings. The van der Waals surface area contributed by atoms with Crippen molar-refractivity contribution >= 4 is 0 Å². The van der Waals surface area contributed by atoms with Crippen LogP contribution in [0.15, 0.2) is 24.7 Å². The lowest BCUT2D eigenvalue weighted by molar-refractivity contribution is -0.0221. The molecular weight excluding hydrogens is 262 g/mol. The molecule has 0 bridgehead atoms. The normalized spacial score (nSPS) is 16.3. The van der Waals surface area contributed by atoms with Crippen LogP contribution in [-0.2, 0) is 5.92 Å². The van der Waals surface area contributed by atoms with E-state index in [0.29, 0.717) is 11.3 Å². The summed E-state index contributed by atoms with van der Waals surface area (Å²) in [6.45, 7) is 5.08. The standard InChI is InChI=1S/C15H16F2N2O/c1-9(2)11-4-5-12(19-6-10(3)18-8-19)14-13(11)15(16,17)7-20-14/h4-6,8-9H,7H2,1-3H3. The summed E-state index contributed by atoms with van der Waals surface area (Å²) in [4.78, 5) is 4.13. The average molecular weight is 278 g/mol. The predicted octanol–water partition coefficient (Wildman–Crippen LogP) is 3.79. The van der Waals surface area contributed by atoms with Gasteiger partial charge in [0.2, 0.25) is 0 Å². The fourth-order valence-corrected chi connectivity index (χ4v) is 2.58. The minimum absolute atomic E-state index is 0.0231. The van der Waals surface area contributed by atoms with Crippen LogP contribution < -0.4 is 4.74 Å². The number of alkyl halides is 2. The lowest BCUT2D eigenvalue weighted by Gasteiger charge is -2.17. The van der Waals surface area contributed by atoms with E-state index in [1.54, 1.807) is 23.2 Å². The maximum absolute atomic E-state index is 14.1. The Morgan fingerprint density at radius 3 is 2.70 bits per heavy atom. The van der Waals surface area contributed by atoms with Crippen molar-refractivity contribution in [2.24, 2.45) is 0 Å². The van der Waals surface area contributed by atoms with Crippen molar-refractivity contribution in [3.8, 4) is 11.4 Å². The van der Waals surface area contributed by atoms with E-state index >= 15 is 0 Å². The number of hydrogen-bond donors (Lipinski definition) is 0. The molecule has 0 saturated heterocycles. The predicted molar refractivity (Wildman–Crippen MR) is 71.8 cm³/mol. The molecule has 1 aliphatic heterocycles. The van der Waals surface area contributed by atoms with Crippen molar-refractivity contribution in [1.29, 1.82) is 0 Å². The van der Waals surface area contributed by atoms with Crippen LogP contribution >= 0.6 is 0 Å². The van der Waals surface area contributed by atoms with Gasteiger partial charge in [-0.1, -0.05) is 19.9 Å². The van der Waals surface area contributed by atoms with E-state index < -0.39 is 12.5 Å². The zero-order chi connectivity index (χ0) is 14.5. The van der Waals surface area contributed by atoms with E-state index in [-0.39, 0.29) is 17.2 Å². The number of ether oxygens (including phenoxy) is 1. The van der Waals surface area contributed by atoms with Crippen LogP contribution in [0, 0.1) is 6.92 Å². The van der Waals surface area contributed by atoms with E-state index in [0.717, 1.165) is 5.69 Å². The van der Waals surface area contributed by atoms with Crippen molar-refractivity contribution in [2.75, 3.05) is 6.61 Å². The van der Waals surface area contributed by atoms with Gasteiger partial charge in [-0.15, -0.1) is 0 Å². The summed E-state index contributed by atoms with van der Waals surface area (Å²) in [5.41, 5.74) is 2.11. The van der Waals surface area contributed by atoms with Gasteiger partial charge in [0.15, 0.2) is 12.4 Å². The smallest absolute Gasteiger partial charge is 0.310 e. The zero-order valence-electron chi connectivity index (χ0n) is 11.7. The van der Waals surface area contributed by atoms with Gasteiger partial charge in [0, 0.05) is 6.20 Å². The quantitative estimate of drug-likeness (QED) is 0.835. The number of fused-ring (bicyclic) bond motifs is 1. The van der Waals surface area contributed by atoms with Gasteiger partial charge in [0.25, 0.3) is 0 Å². The lowest BCUT2D eigenvalue weighted by atomic mass is 9.93. The molecule has 0 amide bonds. The molecule has 20 heavy (non-hydrogen) atoms. The van der Waals surface area contributed by atoms with Crippen LogP contribution in [-0.4, -0.2) is 16.2 Å². The molecule has 0 aliphatic carbocycles. The Hall–Kier alpha value is -1.91. The molecule has 0 saturated carbocycles. The number of imidazole rings is 1. The van der Waals surface area contributed by atoms with Crippen LogP contribution in [0.5, 0.6) is 5.75 Å². The first-order chi connectivity index (χ1) is 9.40. The summed E-state index contributed by atoms with van der Waals surface area (Å²) >= 11 is 0. The highest BCUT2D eigenvalue weighted by atomic mass is 19.3. The first kappa shape index (κ1) is 13.1. The molecule has 2 aromatic rings. The van der Waals surface area contributed by atoms with E-state index in [2.05, 4.69) is 4.98 Å². The topological polar surface area (TPSA) is 27.1 Å². The van der Waals surface area contributed by atoms with Gasteiger partial charge < -0.3 is 9.30 Å². The third kappa shape index (κ3) is 1.88. The number of aromatic nitrogens is 2. The van der Waals surface area contributed by atoms with Crippen molar-refractivity contribution in [3.63, 3.8) is 0 Å². The molecule has 0 radical (unpaired) electrons. The largest absolute Gasteiger partial charge is 0.484 e. The van der Waals surface area contributed by atoms with Crippen molar-refractivity contribution < 1.29 is 13.5 Å². The molecule has 0 N–H and O–H groups in total. The Kier molecular flexibility index (Phi) is 2.81. The van der Waals surface area contributed by atoms with Gasteiger partial charge in [0.05, 0.1) is 23.3 Å². The molecule has 3 rings (SSSR count). The molecule has 0 atom stereocenters. The monoisotopic (exact) mass is 278 g/mol. The van der Waals surface area contributed by atoms with E-state index in [9.17, 15) is 8.78 Å². The highest BCUT2D eigenvalue weighted by molar-refractivity contribution is 5.59. The third-order valence-electron chi connectivity index (χ3n) is 3.54. The number of aryl methyl sites for hydroxylation is 1. The van der Waals surface area contributed by atoms with Gasteiger partial charge in [-0.3, -0.25) is 0 Å². The zero-order valence-corrected chi connectivity index (χ0v) is 11.7. The number of nitrogens with zero attached hydrogens (tertiary/aromatic N) is 2. The van der Waals surface area contributed by atoms with Crippen LogP contribution in [0.1, 0.15) is 36.6 Å². The number of benzene rings is 1. The van der Waals surface area contributed by atoms with Crippen molar-refractivity contribution in [2.45, 2.75) is 32.6 Å². The van der Waals surface area contributed by atoms with Gasteiger partial charge in [-0.2, -0.15) is 8.78 Å². The first-order valence-corrected chi connectivity index (χ1v) is 6.59. The Morgan fingerprint density at radius 2 is 2.10 bits per heavy atom. The molecule has 1 aromatic heterocycles. The Balaban J connectivity index is 2.24. The summed E-state index contributed by atoms with van der Waals surface area (Å²) in [7, 11) is 0. The SMILES string of the molecule is Cc1cn(-c2ccc(C(C)C)c3c2OCC3(F)F)cn1. The molecule has 1 aromatic carbocycles. The summed E-state index contributed by atoms with van der Waals surface area (Å²) < 4.78 is 35.2. The van der Waals surface area contributed by atoms with Gasteiger partial charge in [0.1, 0.15) is 0 Å². The average Bonchev–Trinajstić information content (AvgIpc) is 2.93. The Bertz CT molecular complexity index is 662. The molecule has 5 heteroatoms. The summed E-state index contributed by atoms with van der Waals surface area (Å²) in [5.74, 6) is -2.63. The van der Waals surface area contributed by atoms with Crippen LogP contribution in [0.3, 0.4) is 0 Å². The summed E-state index contributed by atoms with van der Waals surface area (Å²) in [6.07, 6.45) is 3.41. The second-order valence-electron chi connectivity index (χ2n) is 5.45. The maximum Gasteiger partial charge on any atom is 0.310 e. The lowest BCUT2D eigenvalue weighted by Crippen LogP contribution is -2.16. The molecule has 2 heterocycles. The molecule has 3 nitrogen and oxygen atoms in total. The second kappa shape index (κ2) is 4.30. The first-order valence-electron chi connectivity index (χ1n) is 6.59. The van der Waals surface area contributed by atoms with Crippen LogP contribution in [0.25, 0.3) is 5.69 Å². The fourth-order valence-electron chi connectivity index (χ4n) is 2.58. The van der Waals surface area contributed by atoms with Crippen LogP contribution in [0.4, 0.5) is 8.78 Å². The van der Waals surface area contributed by atoms with Gasteiger partial charge in [-0.25, -0.2) is 4.98 Å². The third-order valence-corrected chi connectivity index (χ3v) is 3.54. The van der Waals surface area contributed by atoms with Crippen molar-refractivity contribution in [3.05, 3.63) is 41.5 Å². The number of rotatable bonds is 2. The number of hydrogen-bond acceptors (Lipinski definition) is 2. The van der Waals surface area contributed by atoms with E-state index in [4.69, 9.17) is 4.74 Å². The minimum atomic E-state index is -2.93. The maximum atomic E-state index is 14.1. The van der Waals surface area contributed by atoms with Gasteiger partial charge >= 0.3 is 5.92 Å². The highest BCUT2D eigenvalue weighted by Crippen LogP contribution is 2.48. The van der Waals surface area contributed by atoms with E-state index in [1.165, 1.54) is 0 Å². The molecule has 0 spiro atoms. The Labute approximate surface area is 116 Å². The van der Waals surface area contributed by atoms with Crippen molar-refractivity contribution in [1.82, 2.24) is 9.55 Å². The molecule has 1 aliphatic rings. The Morgan fingerprint density at radius 1 is 1.35 bits per heavy atom. The molecular formula is C15H16F2N2O. The molecule has 0 unspecified atom stereocenters. The summed E-state index contributed by atoms with van der Waals surface area (Å²) in [6, 6.07) is 3.58.